The van der Waals surface area contributed by atoms with Gasteiger partial charge in [0, 0.05) is 28.2 Å². The average molecular weight is 848 g/mol. The Labute approximate surface area is 337 Å². The number of hydrogen-bond acceptors (Lipinski definition) is 20. The molecular formula is C33H61BFN4O19. The molecule has 0 aromatic carbocycles. The van der Waals surface area contributed by atoms with Crippen LogP contribution in [0.25, 0.3) is 0 Å². The molecule has 58 heavy (non-hydrogen) atoms. The summed E-state index contributed by atoms with van der Waals surface area (Å²) in [7, 11) is 0. The number of aliphatic hydroxyl groups is 7. The maximum Gasteiger partial charge on any atom is 0.312 e. The standard InChI is InChI=1S/C31H52N4O19.2CH4.B.FH/c1-9-21(51-30-19(43)18(42)16(40)10(2)49-30)20(44)27(34-13(5)39)54-28(9)53-23-14(7-36)50-29(15(17(23)41)33-12(4)38)52-22-11(3)48-25(26(32)45)31(6,46)24(22)35-47-8-37;;;;/h8-11,14-25,27-30,35-36,40-44,46H,7H2,1-6H3,(H2,32,45)(H,33,38)(H,34,39);2*1H4;;1H. The second kappa shape index (κ2) is 22.8. The van der Waals surface area contributed by atoms with Crippen LogP contribution in [0.4, 0.5) is 4.70 Å². The quantitative estimate of drug-likeness (QED) is 0.0468. The smallest absolute Gasteiger partial charge is 0.312 e. The van der Waals surface area contributed by atoms with E-state index < -0.39 is 146 Å². The van der Waals surface area contributed by atoms with Gasteiger partial charge >= 0.3 is 6.47 Å². The summed E-state index contributed by atoms with van der Waals surface area (Å²) in [5.74, 6) is -3.38. The average Bonchev–Trinajstić information content (AvgIpc) is 3.09. The number of carbonyl (C=O) groups is 4. The molecule has 4 fully saturated rings. The van der Waals surface area contributed by atoms with Crippen molar-refractivity contribution < 1.29 is 97.6 Å². The minimum Gasteiger partial charge on any atom is -0.394 e. The van der Waals surface area contributed by atoms with Crippen molar-refractivity contribution in [1.82, 2.24) is 16.1 Å². The Morgan fingerprint density at radius 2 is 1.33 bits per heavy atom. The summed E-state index contributed by atoms with van der Waals surface area (Å²) in [4.78, 5) is 52.4. The second-order valence-corrected chi connectivity index (χ2v) is 14.1. The van der Waals surface area contributed by atoms with E-state index in [0.717, 1.165) is 13.8 Å². The highest BCUT2D eigenvalue weighted by Crippen LogP contribution is 2.37. The third-order valence-electron chi connectivity index (χ3n) is 9.93. The molecule has 0 aromatic heterocycles. The molecule has 25 heteroatoms. The summed E-state index contributed by atoms with van der Waals surface area (Å²) in [5.41, 5.74) is 5.57. The highest BCUT2D eigenvalue weighted by atomic mass is 19.0. The summed E-state index contributed by atoms with van der Waals surface area (Å²) in [6.07, 6.45) is -23.9. The van der Waals surface area contributed by atoms with Crippen LogP contribution in [0, 0.1) is 5.92 Å². The van der Waals surface area contributed by atoms with E-state index in [4.69, 9.17) is 38.9 Å². The molecule has 4 saturated heterocycles. The van der Waals surface area contributed by atoms with Crippen LogP contribution in [0.15, 0.2) is 0 Å². The van der Waals surface area contributed by atoms with Crippen molar-refractivity contribution in [2.75, 3.05) is 6.61 Å². The Hall–Kier alpha value is -2.73. The number of ether oxygens (including phenoxy) is 7. The van der Waals surface area contributed by atoms with Crippen molar-refractivity contribution >= 4 is 32.6 Å². The van der Waals surface area contributed by atoms with Crippen LogP contribution < -0.4 is 21.8 Å². The van der Waals surface area contributed by atoms with Gasteiger partial charge in [0.25, 0.3) is 0 Å². The largest absolute Gasteiger partial charge is 0.394 e. The Kier molecular flexibility index (Phi) is 21.7. The lowest BCUT2D eigenvalue weighted by Crippen LogP contribution is -2.73. The van der Waals surface area contributed by atoms with Crippen LogP contribution in [0.2, 0.25) is 0 Å². The van der Waals surface area contributed by atoms with Gasteiger partial charge < -0.3 is 90.1 Å². The van der Waals surface area contributed by atoms with Crippen molar-refractivity contribution in [3.8, 4) is 0 Å². The van der Waals surface area contributed by atoms with Crippen LogP contribution in [0.3, 0.4) is 0 Å². The maximum atomic E-state index is 12.4. The number of nitrogens with two attached hydrogens (primary N) is 1. The molecule has 3 amide bonds. The fourth-order valence-electron chi connectivity index (χ4n) is 7.03. The molecule has 0 spiro atoms. The van der Waals surface area contributed by atoms with Gasteiger partial charge in [-0.15, -0.1) is 5.48 Å². The first-order chi connectivity index (χ1) is 25.2. The monoisotopic (exact) mass is 847 g/mol. The highest BCUT2D eigenvalue weighted by Gasteiger charge is 2.58. The van der Waals surface area contributed by atoms with E-state index in [0.29, 0.717) is 0 Å². The molecule has 337 valence electrons. The van der Waals surface area contributed by atoms with Crippen molar-refractivity contribution in [2.24, 2.45) is 11.7 Å². The Morgan fingerprint density at radius 1 is 0.759 bits per heavy atom. The molecule has 4 aliphatic rings. The fourth-order valence-corrected chi connectivity index (χ4v) is 7.03. The molecule has 4 heterocycles. The maximum absolute atomic E-state index is 12.4. The number of rotatable bonds is 13. The number of hydroxylamine groups is 1. The third kappa shape index (κ3) is 11.8. The van der Waals surface area contributed by atoms with Gasteiger partial charge in [-0.3, -0.25) is 23.9 Å². The van der Waals surface area contributed by atoms with Gasteiger partial charge in [0.05, 0.1) is 24.9 Å². The van der Waals surface area contributed by atoms with E-state index >= 15 is 0 Å². The third-order valence-corrected chi connectivity index (χ3v) is 9.93. The number of hydrogen-bond donors (Lipinski definition) is 11. The van der Waals surface area contributed by atoms with Gasteiger partial charge in [-0.05, 0) is 20.8 Å². The van der Waals surface area contributed by atoms with Gasteiger partial charge in [0.1, 0.15) is 66.5 Å². The van der Waals surface area contributed by atoms with Crippen molar-refractivity contribution in [3.05, 3.63) is 0 Å². The zero-order chi connectivity index (χ0) is 40.4. The van der Waals surface area contributed by atoms with E-state index in [1.807, 2.05) is 0 Å². The van der Waals surface area contributed by atoms with E-state index in [1.165, 1.54) is 27.7 Å². The van der Waals surface area contributed by atoms with E-state index in [9.17, 15) is 54.9 Å². The number of aliphatic hydroxyl groups excluding tert-OH is 6. The molecule has 20 atom stereocenters. The topological polar surface area (TPSA) is 346 Å². The molecule has 0 saturated carbocycles. The predicted octanol–water partition coefficient (Wildman–Crippen LogP) is -5.52. The zero-order valence-electron chi connectivity index (χ0n) is 31.3. The molecule has 23 nitrogen and oxygen atoms in total. The summed E-state index contributed by atoms with van der Waals surface area (Å²) in [5, 5.41) is 80.6. The Morgan fingerprint density at radius 3 is 1.86 bits per heavy atom. The van der Waals surface area contributed by atoms with Gasteiger partial charge in [-0.1, -0.05) is 21.8 Å². The highest BCUT2D eigenvalue weighted by molar-refractivity contribution is 5.80. The van der Waals surface area contributed by atoms with Gasteiger partial charge in [0.2, 0.25) is 17.7 Å². The normalized spacial score (nSPS) is 43.7. The second-order valence-electron chi connectivity index (χ2n) is 14.1. The number of halogens is 1. The molecule has 0 aromatic rings. The van der Waals surface area contributed by atoms with E-state index in [2.05, 4.69) is 21.0 Å². The first-order valence-electron chi connectivity index (χ1n) is 17.2. The number of nitrogens with one attached hydrogen (secondary N) is 3. The summed E-state index contributed by atoms with van der Waals surface area (Å²) in [6, 6.07) is -2.91. The molecule has 12 N–H and O–H groups in total. The minimum atomic E-state index is -2.17. The van der Waals surface area contributed by atoms with Crippen LogP contribution in [0.5, 0.6) is 0 Å². The SMILES string of the molecule is C.C.CC(=O)NC1OC(OC2C(CO)OC(OC3C(C)OC(C(N)=O)C(C)(O)C3NOC=O)C(NC(C)=O)C2O)C(C)C(OC2OC(C)C(O)C(O)C2O)C1O.F.[B]. The molecular weight excluding hydrogens is 786 g/mol. The number of carbonyl (C=O) groups excluding carboxylic acids is 4. The predicted molar refractivity (Wildman–Crippen MR) is 194 cm³/mol. The van der Waals surface area contributed by atoms with Gasteiger partial charge in [0.15, 0.2) is 31.2 Å². The van der Waals surface area contributed by atoms with Crippen molar-refractivity contribution in [2.45, 2.75) is 172 Å². The number of primary amides is 1. The van der Waals surface area contributed by atoms with Crippen LogP contribution in [-0.4, -0.2) is 191 Å². The summed E-state index contributed by atoms with van der Waals surface area (Å²) >= 11 is 0. The molecule has 20 unspecified atom stereocenters. The number of amides is 3. The first-order valence-corrected chi connectivity index (χ1v) is 17.2. The Bertz CT molecular complexity index is 1330. The van der Waals surface area contributed by atoms with Crippen LogP contribution in [-0.2, 0) is 57.2 Å². The van der Waals surface area contributed by atoms with Crippen molar-refractivity contribution in [1.29, 1.82) is 0 Å². The van der Waals surface area contributed by atoms with Crippen LogP contribution >= 0.6 is 0 Å². The summed E-state index contributed by atoms with van der Waals surface area (Å²) in [6.45, 7) is 6.96. The van der Waals surface area contributed by atoms with E-state index in [1.54, 1.807) is 0 Å². The lowest BCUT2D eigenvalue weighted by molar-refractivity contribution is -0.369. The molecule has 3 radical (unpaired) electrons. The molecule has 0 bridgehead atoms. The van der Waals surface area contributed by atoms with E-state index in [-0.39, 0.29) is 34.4 Å². The van der Waals surface area contributed by atoms with Gasteiger partial charge in [-0.25, -0.2) is 0 Å². The lowest BCUT2D eigenvalue weighted by atomic mass is 9.81. The molecule has 4 aliphatic heterocycles. The minimum absolute atomic E-state index is 0. The first kappa shape index (κ1) is 55.3. The Balaban J connectivity index is 0.00000812. The van der Waals surface area contributed by atoms with Crippen LogP contribution in [0.1, 0.15) is 56.4 Å². The fraction of sp³-hybridized carbons (Fsp3) is 0.879. The zero-order valence-corrected chi connectivity index (χ0v) is 31.3. The van der Waals surface area contributed by atoms with Crippen molar-refractivity contribution in [3.63, 3.8) is 0 Å². The lowest BCUT2D eigenvalue weighted by Gasteiger charge is -2.52. The summed E-state index contributed by atoms with van der Waals surface area (Å²) < 4.78 is 41.3. The van der Waals surface area contributed by atoms with Gasteiger partial charge in [-0.2, -0.15) is 0 Å². The molecule has 0 aliphatic carbocycles. The molecule has 4 rings (SSSR count).